The highest BCUT2D eigenvalue weighted by Gasteiger charge is 2.28. The van der Waals surface area contributed by atoms with Crippen molar-refractivity contribution in [2.45, 2.75) is 11.4 Å². The number of amides is 1. The number of pyridine rings is 1. The molecule has 0 saturated carbocycles. The Morgan fingerprint density at radius 1 is 1.05 bits per heavy atom. The molecule has 1 aliphatic rings. The second-order valence-electron chi connectivity index (χ2n) is 8.86. The molecule has 5 rings (SSSR count). The van der Waals surface area contributed by atoms with Crippen molar-refractivity contribution in [3.05, 3.63) is 78.0 Å². The SMILES string of the molecule is CN1CCN(S(=O)(=O)c2ccc(-c3c(O)[nH]c4ccc(C(=O)NCc5ccccc5)cc34)nc2)CC1.Cl. The highest BCUT2D eigenvalue weighted by molar-refractivity contribution is 7.89. The van der Waals surface area contributed by atoms with Crippen molar-refractivity contribution in [2.24, 2.45) is 0 Å². The molecule has 11 heteroatoms. The van der Waals surface area contributed by atoms with E-state index in [4.69, 9.17) is 0 Å². The molecule has 4 aromatic rings. The largest absolute Gasteiger partial charge is 0.494 e. The predicted octanol–water partition coefficient (Wildman–Crippen LogP) is 3.22. The zero-order valence-corrected chi connectivity index (χ0v) is 21.8. The summed E-state index contributed by atoms with van der Waals surface area (Å²) in [6, 6.07) is 17.8. The summed E-state index contributed by atoms with van der Waals surface area (Å²) >= 11 is 0. The molecule has 1 saturated heterocycles. The van der Waals surface area contributed by atoms with Crippen molar-refractivity contribution in [1.29, 1.82) is 0 Å². The third kappa shape index (κ3) is 5.47. The minimum Gasteiger partial charge on any atom is -0.494 e. The fourth-order valence-corrected chi connectivity index (χ4v) is 5.68. The summed E-state index contributed by atoms with van der Waals surface area (Å²) in [4.78, 5) is 22.2. The number of likely N-dealkylation sites (N-methyl/N-ethyl adjacent to an activating group) is 1. The molecule has 0 unspecified atom stereocenters. The second kappa shape index (κ2) is 10.9. The maximum Gasteiger partial charge on any atom is 0.251 e. The number of aromatic amines is 1. The van der Waals surface area contributed by atoms with E-state index in [9.17, 15) is 18.3 Å². The highest BCUT2D eigenvalue weighted by Crippen LogP contribution is 2.36. The maximum atomic E-state index is 13.0. The van der Waals surface area contributed by atoms with Crippen LogP contribution in [0.2, 0.25) is 0 Å². The first kappa shape index (κ1) is 26.6. The van der Waals surface area contributed by atoms with Gasteiger partial charge in [0.15, 0.2) is 5.88 Å². The van der Waals surface area contributed by atoms with Gasteiger partial charge in [-0.25, -0.2) is 8.42 Å². The molecule has 2 aromatic heterocycles. The van der Waals surface area contributed by atoms with Crippen molar-refractivity contribution >= 4 is 39.2 Å². The summed E-state index contributed by atoms with van der Waals surface area (Å²) < 4.78 is 27.5. The number of rotatable bonds is 6. The summed E-state index contributed by atoms with van der Waals surface area (Å²) in [6.45, 7) is 2.61. The lowest BCUT2D eigenvalue weighted by atomic mass is 10.1. The van der Waals surface area contributed by atoms with Gasteiger partial charge in [0.05, 0.1) is 11.3 Å². The van der Waals surface area contributed by atoms with Gasteiger partial charge in [0, 0.05) is 55.4 Å². The van der Waals surface area contributed by atoms with Crippen molar-refractivity contribution < 1.29 is 18.3 Å². The Hall–Kier alpha value is -3.44. The van der Waals surface area contributed by atoms with Crippen LogP contribution in [-0.4, -0.2) is 71.8 Å². The zero-order chi connectivity index (χ0) is 25.3. The lowest BCUT2D eigenvalue weighted by Crippen LogP contribution is -2.47. The number of aromatic hydroxyl groups is 1. The number of aromatic nitrogens is 2. The van der Waals surface area contributed by atoms with Gasteiger partial charge in [0.2, 0.25) is 10.0 Å². The smallest absolute Gasteiger partial charge is 0.251 e. The molecular weight excluding hydrogens is 514 g/mol. The first-order valence-electron chi connectivity index (χ1n) is 11.6. The Balaban J connectivity index is 0.00000320. The van der Waals surface area contributed by atoms with Crippen LogP contribution in [0.3, 0.4) is 0 Å². The zero-order valence-electron chi connectivity index (χ0n) is 20.2. The Kier molecular flexibility index (Phi) is 7.84. The quantitative estimate of drug-likeness (QED) is 0.345. The van der Waals surface area contributed by atoms with E-state index < -0.39 is 10.0 Å². The van der Waals surface area contributed by atoms with Crippen molar-refractivity contribution in [2.75, 3.05) is 33.2 Å². The highest BCUT2D eigenvalue weighted by atomic mass is 35.5. The Morgan fingerprint density at radius 2 is 1.78 bits per heavy atom. The number of carbonyl (C=O) groups is 1. The number of piperazine rings is 1. The molecule has 3 heterocycles. The number of H-pyrrole nitrogens is 1. The normalized spacial score (nSPS) is 14.8. The molecule has 37 heavy (non-hydrogen) atoms. The van der Waals surface area contributed by atoms with E-state index >= 15 is 0 Å². The van der Waals surface area contributed by atoms with Crippen molar-refractivity contribution in [1.82, 2.24) is 24.5 Å². The summed E-state index contributed by atoms with van der Waals surface area (Å²) in [6.07, 6.45) is 1.32. The predicted molar refractivity (Wildman–Crippen MR) is 144 cm³/mol. The third-order valence-electron chi connectivity index (χ3n) is 6.43. The topological polar surface area (TPSA) is 119 Å². The molecule has 0 atom stereocenters. The van der Waals surface area contributed by atoms with Crippen LogP contribution in [0.25, 0.3) is 22.2 Å². The van der Waals surface area contributed by atoms with Gasteiger partial charge in [-0.2, -0.15) is 4.31 Å². The molecule has 3 N–H and O–H groups in total. The monoisotopic (exact) mass is 541 g/mol. The average molecular weight is 542 g/mol. The number of halogens is 1. The summed E-state index contributed by atoms with van der Waals surface area (Å²) in [5, 5.41) is 14.1. The number of hydrogen-bond donors (Lipinski definition) is 3. The lowest BCUT2D eigenvalue weighted by molar-refractivity contribution is 0.0951. The molecule has 0 spiro atoms. The van der Waals surface area contributed by atoms with E-state index in [0.717, 1.165) is 5.56 Å². The van der Waals surface area contributed by atoms with Gasteiger partial charge in [-0.05, 0) is 42.9 Å². The van der Waals surface area contributed by atoms with Crippen LogP contribution in [0.1, 0.15) is 15.9 Å². The average Bonchev–Trinajstić information content (AvgIpc) is 3.23. The minimum atomic E-state index is -3.65. The summed E-state index contributed by atoms with van der Waals surface area (Å²) in [7, 11) is -1.69. The lowest BCUT2D eigenvalue weighted by Gasteiger charge is -2.31. The van der Waals surface area contributed by atoms with E-state index in [2.05, 4.69) is 20.2 Å². The van der Waals surface area contributed by atoms with Crippen LogP contribution < -0.4 is 5.32 Å². The van der Waals surface area contributed by atoms with E-state index in [1.165, 1.54) is 16.6 Å². The first-order chi connectivity index (χ1) is 17.3. The van der Waals surface area contributed by atoms with Crippen LogP contribution in [0.4, 0.5) is 0 Å². The van der Waals surface area contributed by atoms with Crippen LogP contribution in [0, 0.1) is 0 Å². The van der Waals surface area contributed by atoms with Crippen LogP contribution in [0.15, 0.2) is 71.8 Å². The van der Waals surface area contributed by atoms with Crippen molar-refractivity contribution in [3.8, 4) is 17.1 Å². The standard InChI is InChI=1S/C26H27N5O4S.ClH/c1-30-11-13-31(14-12-30)36(34,35)20-8-10-23(27-17-20)24-21-15-19(7-9-22(21)29-26(24)33)25(32)28-16-18-5-3-2-4-6-18;/h2-10,15,17,29,33H,11-14,16H2,1H3,(H,28,32);1H. The van der Waals surface area contributed by atoms with Crippen LogP contribution >= 0.6 is 12.4 Å². The number of benzene rings is 2. The molecule has 0 radical (unpaired) electrons. The fourth-order valence-electron chi connectivity index (χ4n) is 4.32. The number of nitrogens with zero attached hydrogens (tertiary/aromatic N) is 3. The molecule has 2 aromatic carbocycles. The van der Waals surface area contributed by atoms with E-state index in [1.54, 1.807) is 24.3 Å². The number of sulfonamides is 1. The molecule has 0 bridgehead atoms. The van der Waals surface area contributed by atoms with Gasteiger partial charge in [-0.15, -0.1) is 12.4 Å². The molecule has 1 fully saturated rings. The fraction of sp³-hybridized carbons (Fsp3) is 0.231. The number of hydrogen-bond acceptors (Lipinski definition) is 6. The number of nitrogens with one attached hydrogen (secondary N) is 2. The van der Waals surface area contributed by atoms with Gasteiger partial charge in [0.1, 0.15) is 4.90 Å². The minimum absolute atomic E-state index is 0. The molecule has 9 nitrogen and oxygen atoms in total. The number of carbonyl (C=O) groups excluding carboxylic acids is 1. The van der Waals surface area contributed by atoms with Gasteiger partial charge in [0.25, 0.3) is 5.91 Å². The third-order valence-corrected chi connectivity index (χ3v) is 8.31. The van der Waals surface area contributed by atoms with Gasteiger partial charge >= 0.3 is 0 Å². The summed E-state index contributed by atoms with van der Waals surface area (Å²) in [5.74, 6) is -0.344. The summed E-state index contributed by atoms with van der Waals surface area (Å²) in [5.41, 5.74) is 2.87. The molecule has 1 amide bonds. The molecule has 194 valence electrons. The van der Waals surface area contributed by atoms with Crippen molar-refractivity contribution in [3.63, 3.8) is 0 Å². The second-order valence-corrected chi connectivity index (χ2v) is 10.8. The molecule has 0 aliphatic carbocycles. The van der Waals surface area contributed by atoms with Crippen LogP contribution in [-0.2, 0) is 16.6 Å². The Morgan fingerprint density at radius 3 is 2.46 bits per heavy atom. The number of fused-ring (bicyclic) bond motifs is 1. The molecular formula is C26H28ClN5O4S. The van der Waals surface area contributed by atoms with E-state index in [0.29, 0.717) is 60.4 Å². The van der Waals surface area contributed by atoms with E-state index in [-0.39, 0.29) is 29.1 Å². The van der Waals surface area contributed by atoms with Gasteiger partial charge in [-0.1, -0.05) is 30.3 Å². The van der Waals surface area contributed by atoms with Crippen LogP contribution in [0.5, 0.6) is 5.88 Å². The Labute approximate surface area is 221 Å². The van der Waals surface area contributed by atoms with Gasteiger partial charge < -0.3 is 20.3 Å². The Bertz CT molecular complexity index is 1500. The molecule has 1 aliphatic heterocycles. The van der Waals surface area contributed by atoms with Gasteiger partial charge in [-0.3, -0.25) is 9.78 Å². The maximum absolute atomic E-state index is 13.0. The first-order valence-corrected chi connectivity index (χ1v) is 13.1. The van der Waals surface area contributed by atoms with E-state index in [1.807, 2.05) is 37.4 Å².